The van der Waals surface area contributed by atoms with E-state index in [1.165, 1.54) is 0 Å². The Labute approximate surface area is 111 Å². The lowest BCUT2D eigenvalue weighted by Gasteiger charge is -2.29. The van der Waals surface area contributed by atoms with Gasteiger partial charge in [-0.3, -0.25) is 4.99 Å². The third kappa shape index (κ3) is 5.89. The van der Waals surface area contributed by atoms with Crippen molar-refractivity contribution in [3.8, 4) is 0 Å². The number of carbonyl (C=O) groups excluding carboxylic acids is 1. The number of hydrogen-bond acceptors (Lipinski definition) is 3. The summed E-state index contributed by atoms with van der Waals surface area (Å²) in [4.78, 5) is 19.9. The van der Waals surface area contributed by atoms with E-state index >= 15 is 0 Å². The number of aliphatic imine (C=N–C) groups is 1. The zero-order valence-electron chi connectivity index (χ0n) is 12.8. The Kier molecular flexibility index (Phi) is 6.73. The Morgan fingerprint density at radius 2 is 1.78 bits per heavy atom. The van der Waals surface area contributed by atoms with Crippen molar-refractivity contribution in [2.24, 2.45) is 4.99 Å². The second-order valence-electron chi connectivity index (χ2n) is 5.15. The summed E-state index contributed by atoms with van der Waals surface area (Å²) in [5, 5.41) is 0. The van der Waals surface area contributed by atoms with Gasteiger partial charge in [-0.25, -0.2) is 4.79 Å². The van der Waals surface area contributed by atoms with Gasteiger partial charge in [0.2, 0.25) is 0 Å². The van der Waals surface area contributed by atoms with E-state index in [1.807, 2.05) is 39.6 Å². The maximum atomic E-state index is 12.0. The van der Waals surface area contributed by atoms with Crippen LogP contribution in [0.4, 0.5) is 4.79 Å². The zero-order chi connectivity index (χ0) is 14.3. The van der Waals surface area contributed by atoms with E-state index in [0.717, 1.165) is 12.4 Å². The molecular weight excluding hydrogens is 230 g/mol. The third-order valence-corrected chi connectivity index (χ3v) is 2.54. The first-order valence-corrected chi connectivity index (χ1v) is 6.39. The quantitative estimate of drug-likeness (QED) is 0.573. The lowest BCUT2D eigenvalue weighted by Crippen LogP contribution is -2.43. The smallest absolute Gasteiger partial charge is 0.410 e. The van der Waals surface area contributed by atoms with Gasteiger partial charge in [0.25, 0.3) is 0 Å². The van der Waals surface area contributed by atoms with Gasteiger partial charge in [0, 0.05) is 27.2 Å². The standard InChI is InChI=1S/C13H27N3O2/c1-8-15(7)11(14-6)10-16(9-2)12(17)18-13(3,4)5/h8-10H2,1-7H3. The highest BCUT2D eigenvalue weighted by Gasteiger charge is 2.22. The van der Waals surface area contributed by atoms with Crippen LogP contribution >= 0.6 is 0 Å². The Balaban J connectivity index is 4.65. The Bertz CT molecular complexity index is 295. The number of carbonyl (C=O) groups is 1. The van der Waals surface area contributed by atoms with Crippen molar-refractivity contribution in [1.29, 1.82) is 0 Å². The van der Waals surface area contributed by atoms with Gasteiger partial charge >= 0.3 is 6.09 Å². The van der Waals surface area contributed by atoms with Crippen LogP contribution in [0, 0.1) is 0 Å². The molecule has 0 aromatic rings. The molecule has 0 bridgehead atoms. The molecule has 5 heteroatoms. The van der Waals surface area contributed by atoms with Crippen LogP contribution in [0.25, 0.3) is 0 Å². The van der Waals surface area contributed by atoms with Crippen LogP contribution in [0.1, 0.15) is 34.6 Å². The summed E-state index contributed by atoms with van der Waals surface area (Å²) in [5.41, 5.74) is -0.468. The molecule has 0 aliphatic carbocycles. The number of likely N-dealkylation sites (N-methyl/N-ethyl adjacent to an activating group) is 2. The van der Waals surface area contributed by atoms with Crippen LogP contribution in [0.5, 0.6) is 0 Å². The van der Waals surface area contributed by atoms with Crippen molar-refractivity contribution in [3.63, 3.8) is 0 Å². The molecule has 0 radical (unpaired) electrons. The van der Waals surface area contributed by atoms with E-state index in [0.29, 0.717) is 13.1 Å². The fourth-order valence-corrected chi connectivity index (χ4v) is 1.35. The average Bonchev–Trinajstić information content (AvgIpc) is 2.27. The van der Waals surface area contributed by atoms with Crippen molar-refractivity contribution in [2.75, 3.05) is 33.7 Å². The Morgan fingerprint density at radius 3 is 2.11 bits per heavy atom. The average molecular weight is 257 g/mol. The second kappa shape index (κ2) is 7.24. The summed E-state index contributed by atoms with van der Waals surface area (Å²) in [6, 6.07) is 0. The van der Waals surface area contributed by atoms with E-state index in [4.69, 9.17) is 4.74 Å². The number of amides is 1. The first kappa shape index (κ1) is 16.7. The maximum Gasteiger partial charge on any atom is 0.410 e. The Morgan fingerprint density at radius 1 is 1.22 bits per heavy atom. The first-order chi connectivity index (χ1) is 8.25. The highest BCUT2D eigenvalue weighted by molar-refractivity contribution is 5.86. The monoisotopic (exact) mass is 257 g/mol. The number of ether oxygens (including phenoxy) is 1. The molecule has 18 heavy (non-hydrogen) atoms. The van der Waals surface area contributed by atoms with Crippen LogP contribution in [0.15, 0.2) is 4.99 Å². The topological polar surface area (TPSA) is 45.1 Å². The van der Waals surface area contributed by atoms with Gasteiger partial charge in [-0.15, -0.1) is 0 Å². The zero-order valence-corrected chi connectivity index (χ0v) is 12.8. The maximum absolute atomic E-state index is 12.0. The predicted octanol–water partition coefficient (Wildman–Crippen LogP) is 2.22. The molecular formula is C13H27N3O2. The van der Waals surface area contributed by atoms with Gasteiger partial charge in [0.15, 0.2) is 0 Å². The number of hydrogen-bond donors (Lipinski definition) is 0. The summed E-state index contributed by atoms with van der Waals surface area (Å²) in [5.74, 6) is 0.880. The summed E-state index contributed by atoms with van der Waals surface area (Å²) in [6.07, 6.45) is -0.296. The fraction of sp³-hybridized carbons (Fsp3) is 0.846. The van der Waals surface area contributed by atoms with E-state index in [9.17, 15) is 4.79 Å². The van der Waals surface area contributed by atoms with Gasteiger partial charge < -0.3 is 14.5 Å². The molecule has 1 amide bonds. The minimum Gasteiger partial charge on any atom is -0.444 e. The molecule has 0 aromatic heterocycles. The van der Waals surface area contributed by atoms with Gasteiger partial charge in [0.1, 0.15) is 11.4 Å². The van der Waals surface area contributed by atoms with Crippen LogP contribution in [-0.2, 0) is 4.74 Å². The van der Waals surface area contributed by atoms with Gasteiger partial charge in [0.05, 0.1) is 6.54 Å². The highest BCUT2D eigenvalue weighted by atomic mass is 16.6. The number of rotatable bonds is 4. The second-order valence-corrected chi connectivity index (χ2v) is 5.15. The number of nitrogens with zero attached hydrogens (tertiary/aromatic N) is 3. The predicted molar refractivity (Wildman–Crippen MR) is 75.1 cm³/mol. The van der Waals surface area contributed by atoms with Gasteiger partial charge in [-0.05, 0) is 34.6 Å². The molecule has 0 heterocycles. The molecule has 0 unspecified atom stereocenters. The minimum absolute atomic E-state index is 0.296. The highest BCUT2D eigenvalue weighted by Crippen LogP contribution is 2.10. The molecule has 0 saturated carbocycles. The lowest BCUT2D eigenvalue weighted by molar-refractivity contribution is 0.0285. The fourth-order valence-electron chi connectivity index (χ4n) is 1.35. The number of amidine groups is 1. The summed E-state index contributed by atoms with van der Waals surface area (Å²) >= 11 is 0. The lowest BCUT2D eigenvalue weighted by atomic mass is 10.2. The van der Waals surface area contributed by atoms with Crippen LogP contribution in [0.3, 0.4) is 0 Å². The van der Waals surface area contributed by atoms with Crippen LogP contribution in [-0.4, -0.2) is 61.1 Å². The molecule has 106 valence electrons. The summed E-state index contributed by atoms with van der Waals surface area (Å²) in [7, 11) is 3.70. The largest absolute Gasteiger partial charge is 0.444 e. The molecule has 0 aliphatic rings. The van der Waals surface area contributed by atoms with E-state index in [2.05, 4.69) is 11.9 Å². The van der Waals surface area contributed by atoms with E-state index in [1.54, 1.807) is 11.9 Å². The van der Waals surface area contributed by atoms with Gasteiger partial charge in [-0.1, -0.05) is 0 Å². The molecule has 0 fully saturated rings. The van der Waals surface area contributed by atoms with Crippen molar-refractivity contribution in [2.45, 2.75) is 40.2 Å². The molecule has 0 rings (SSSR count). The van der Waals surface area contributed by atoms with E-state index in [-0.39, 0.29) is 6.09 Å². The summed E-state index contributed by atoms with van der Waals surface area (Å²) in [6.45, 7) is 11.5. The molecule has 0 atom stereocenters. The molecule has 0 saturated heterocycles. The van der Waals surface area contributed by atoms with E-state index < -0.39 is 5.60 Å². The molecule has 0 N–H and O–H groups in total. The van der Waals surface area contributed by atoms with Crippen LogP contribution in [0.2, 0.25) is 0 Å². The van der Waals surface area contributed by atoms with Crippen molar-refractivity contribution < 1.29 is 9.53 Å². The first-order valence-electron chi connectivity index (χ1n) is 6.39. The minimum atomic E-state index is -0.468. The van der Waals surface area contributed by atoms with Crippen molar-refractivity contribution in [1.82, 2.24) is 9.80 Å². The normalized spacial score (nSPS) is 12.3. The van der Waals surface area contributed by atoms with Crippen LogP contribution < -0.4 is 0 Å². The molecule has 0 aliphatic heterocycles. The summed E-state index contributed by atoms with van der Waals surface area (Å²) < 4.78 is 5.36. The SMILES string of the molecule is CCN(C)C(CN(CC)C(=O)OC(C)(C)C)=NC. The van der Waals surface area contributed by atoms with Crippen molar-refractivity contribution >= 4 is 11.9 Å². The molecule has 0 aromatic carbocycles. The third-order valence-electron chi connectivity index (χ3n) is 2.54. The Hall–Kier alpha value is -1.26. The molecule has 5 nitrogen and oxygen atoms in total. The van der Waals surface area contributed by atoms with Crippen molar-refractivity contribution in [3.05, 3.63) is 0 Å². The molecule has 0 spiro atoms. The van der Waals surface area contributed by atoms with Gasteiger partial charge in [-0.2, -0.15) is 0 Å².